The molecule has 0 aliphatic rings. The minimum atomic E-state index is 1.38. The Balaban J connectivity index is 3.14. The smallest absolute Gasteiger partial charge is 0.0442 e. The highest BCUT2D eigenvalue weighted by atomic mass is 14.0. The van der Waals surface area contributed by atoms with Crippen molar-refractivity contribution in [1.29, 1.82) is 0 Å². The molecule has 0 amide bonds. The first-order chi connectivity index (χ1) is 2.27. The van der Waals surface area contributed by atoms with Crippen LogP contribution in [0.1, 0.15) is 20.8 Å². The van der Waals surface area contributed by atoms with E-state index >= 15 is 0 Å². The largest absolute Gasteiger partial charge is 0.0890 e. The molecule has 0 aliphatic carbocycles. The van der Waals surface area contributed by atoms with Crippen molar-refractivity contribution in [3.05, 3.63) is 11.6 Å². The van der Waals surface area contributed by atoms with Crippen LogP contribution >= 0.6 is 0 Å². The minimum Gasteiger partial charge on any atom is -0.0890 e. The molecule has 0 heteroatoms. The zero-order valence-corrected chi connectivity index (χ0v) is 4.08. The average molecular weight is 71.1 g/mol. The van der Waals surface area contributed by atoms with Gasteiger partial charge in [0.2, 0.25) is 0 Å². The molecule has 0 heterocycles. The van der Waals surface area contributed by atoms with E-state index in [9.17, 15) is 0 Å². The van der Waals surface area contributed by atoms with Gasteiger partial charge in [-0.15, -0.1) is 0 Å². The zero-order valence-electron chi connectivity index (χ0n) is 4.08. The summed E-state index contributed by atoms with van der Waals surface area (Å²) >= 11 is 0. The lowest BCUT2D eigenvalue weighted by Gasteiger charge is -1.74. The SMILES string of the molecule is C[13CH]=C(C)C. The summed E-state index contributed by atoms with van der Waals surface area (Å²) in [7, 11) is 0. The molecule has 0 spiro atoms. The summed E-state index contributed by atoms with van der Waals surface area (Å²) in [5.41, 5.74) is 1.38. The third-order valence-electron chi connectivity index (χ3n) is 0.577. The van der Waals surface area contributed by atoms with Gasteiger partial charge in [0.15, 0.2) is 0 Å². The molecule has 0 unspecified atom stereocenters. The third kappa shape index (κ3) is 3.74. The Morgan fingerprint density at radius 2 is 1.60 bits per heavy atom. The van der Waals surface area contributed by atoms with E-state index in [-0.39, 0.29) is 0 Å². The van der Waals surface area contributed by atoms with Crippen LogP contribution in [0, 0.1) is 0 Å². The number of rotatable bonds is 0. The van der Waals surface area contributed by atoms with Crippen LogP contribution in [0.15, 0.2) is 11.6 Å². The maximum Gasteiger partial charge on any atom is -0.0442 e. The molecule has 0 aromatic rings. The van der Waals surface area contributed by atoms with Crippen molar-refractivity contribution in [2.75, 3.05) is 0 Å². The van der Waals surface area contributed by atoms with Crippen LogP contribution < -0.4 is 0 Å². The van der Waals surface area contributed by atoms with Crippen LogP contribution in [-0.2, 0) is 0 Å². The second kappa shape index (κ2) is 2.01. The van der Waals surface area contributed by atoms with E-state index in [0.717, 1.165) is 0 Å². The van der Waals surface area contributed by atoms with Crippen molar-refractivity contribution < 1.29 is 0 Å². The zero-order chi connectivity index (χ0) is 4.28. The molecule has 0 atom stereocenters. The number of allylic oxidation sites excluding steroid dienone is 2. The van der Waals surface area contributed by atoms with Gasteiger partial charge < -0.3 is 0 Å². The second-order valence-electron chi connectivity index (χ2n) is 1.37. The van der Waals surface area contributed by atoms with E-state index in [1.165, 1.54) is 5.57 Å². The van der Waals surface area contributed by atoms with E-state index in [1.807, 2.05) is 6.92 Å². The Bertz CT molecular complexity index is 38.0. The molecule has 0 bridgehead atoms. The molecule has 0 nitrogen and oxygen atoms in total. The summed E-state index contributed by atoms with van der Waals surface area (Å²) in [6.45, 7) is 6.20. The molecule has 0 fully saturated rings. The van der Waals surface area contributed by atoms with E-state index in [4.69, 9.17) is 0 Å². The first kappa shape index (κ1) is 4.74. The molecule has 0 N–H and O–H groups in total. The fraction of sp³-hybridized carbons (Fsp3) is 0.600. The summed E-state index contributed by atoms with van der Waals surface area (Å²) in [5.74, 6) is 0. The van der Waals surface area contributed by atoms with Gasteiger partial charge in [-0.3, -0.25) is 0 Å². The lowest BCUT2D eigenvalue weighted by molar-refractivity contribution is 1.36. The van der Waals surface area contributed by atoms with Crippen LogP contribution in [0.4, 0.5) is 0 Å². The van der Waals surface area contributed by atoms with Gasteiger partial charge in [-0.05, 0) is 20.8 Å². The Morgan fingerprint density at radius 1 is 1.40 bits per heavy atom. The Morgan fingerprint density at radius 3 is 1.60 bits per heavy atom. The normalized spacial score (nSPS) is 7.00. The van der Waals surface area contributed by atoms with E-state index in [1.54, 1.807) is 0 Å². The molecule has 0 aromatic carbocycles. The predicted molar refractivity (Wildman–Crippen MR) is 25.1 cm³/mol. The first-order valence-electron chi connectivity index (χ1n) is 1.87. The van der Waals surface area contributed by atoms with Crippen molar-refractivity contribution in [1.82, 2.24) is 0 Å². The molecular weight excluding hydrogens is 61.0 g/mol. The topological polar surface area (TPSA) is 0 Å². The van der Waals surface area contributed by atoms with Gasteiger partial charge in [-0.25, -0.2) is 0 Å². The van der Waals surface area contributed by atoms with Gasteiger partial charge in [-0.1, -0.05) is 11.6 Å². The van der Waals surface area contributed by atoms with Crippen LogP contribution in [-0.4, -0.2) is 0 Å². The molecule has 0 aromatic heterocycles. The maximum absolute atomic E-state index is 2.08. The van der Waals surface area contributed by atoms with Gasteiger partial charge in [0.25, 0.3) is 0 Å². The fourth-order valence-corrected chi connectivity index (χ4v) is 0. The number of hydrogen-bond donors (Lipinski definition) is 0. The summed E-state index contributed by atoms with van der Waals surface area (Å²) in [6, 6.07) is 0. The van der Waals surface area contributed by atoms with Crippen molar-refractivity contribution in [3.8, 4) is 0 Å². The molecule has 0 saturated carbocycles. The lowest BCUT2D eigenvalue weighted by Crippen LogP contribution is -1.52. The van der Waals surface area contributed by atoms with Gasteiger partial charge in [0.1, 0.15) is 0 Å². The molecule has 30 valence electrons. The van der Waals surface area contributed by atoms with Crippen LogP contribution in [0.5, 0.6) is 0 Å². The Hall–Kier alpha value is -0.260. The fourth-order valence-electron chi connectivity index (χ4n) is 0. The highest BCUT2D eigenvalue weighted by Crippen LogP contribution is 1.82. The van der Waals surface area contributed by atoms with Crippen LogP contribution in [0.3, 0.4) is 0 Å². The van der Waals surface area contributed by atoms with Gasteiger partial charge in [0.05, 0.1) is 0 Å². The average Bonchev–Trinajstić information content (AvgIpc) is 1.38. The van der Waals surface area contributed by atoms with Crippen molar-refractivity contribution in [3.63, 3.8) is 0 Å². The van der Waals surface area contributed by atoms with E-state index in [0.29, 0.717) is 0 Å². The van der Waals surface area contributed by atoms with Gasteiger partial charge in [-0.2, -0.15) is 0 Å². The summed E-state index contributed by atoms with van der Waals surface area (Å²) in [4.78, 5) is 0. The van der Waals surface area contributed by atoms with Crippen LogP contribution in [0.25, 0.3) is 0 Å². The van der Waals surface area contributed by atoms with Crippen molar-refractivity contribution in [2.45, 2.75) is 20.8 Å². The predicted octanol–water partition coefficient (Wildman–Crippen LogP) is 1.97. The monoisotopic (exact) mass is 71.1 g/mol. The molecule has 0 saturated heterocycles. The first-order valence-corrected chi connectivity index (χ1v) is 1.87. The molecular formula is C5H10. The standard InChI is InChI=1S/C5H10/c1-4-5(2)3/h4H,1-3H3/i4+1. The molecule has 0 rings (SSSR count). The lowest BCUT2D eigenvalue weighted by atomic mass is 10.5. The summed E-state index contributed by atoms with van der Waals surface area (Å²) in [6.07, 6.45) is 2.08. The third-order valence-corrected chi connectivity index (χ3v) is 0.577. The minimum absolute atomic E-state index is 1.38. The highest BCUT2D eigenvalue weighted by Gasteiger charge is 1.60. The van der Waals surface area contributed by atoms with Crippen LogP contribution in [0.2, 0.25) is 0 Å². The van der Waals surface area contributed by atoms with E-state index < -0.39 is 0 Å². The Labute approximate surface area is 33.5 Å². The molecule has 5 heavy (non-hydrogen) atoms. The van der Waals surface area contributed by atoms with Crippen molar-refractivity contribution in [2.24, 2.45) is 0 Å². The maximum atomic E-state index is 2.08. The Kier molecular flexibility index (Phi) is 1.90. The second-order valence-corrected chi connectivity index (χ2v) is 1.37. The van der Waals surface area contributed by atoms with Gasteiger partial charge in [0, 0.05) is 0 Å². The van der Waals surface area contributed by atoms with Gasteiger partial charge >= 0.3 is 0 Å². The molecule has 0 aliphatic heterocycles. The van der Waals surface area contributed by atoms with E-state index in [2.05, 4.69) is 19.9 Å². The molecule has 0 radical (unpaired) electrons. The summed E-state index contributed by atoms with van der Waals surface area (Å²) in [5, 5.41) is 0. The quantitative estimate of drug-likeness (QED) is 0.302. The highest BCUT2D eigenvalue weighted by molar-refractivity contribution is 4.88. The summed E-state index contributed by atoms with van der Waals surface area (Å²) < 4.78 is 0. The number of hydrogen-bond acceptors (Lipinski definition) is 0. The van der Waals surface area contributed by atoms with Crippen molar-refractivity contribution >= 4 is 0 Å².